The summed E-state index contributed by atoms with van der Waals surface area (Å²) >= 11 is 0. The van der Waals surface area contributed by atoms with E-state index in [0.717, 1.165) is 46.0 Å². The maximum atomic E-state index is 4.81. The molecular formula is C16H8N9+3. The Morgan fingerprint density at radius 3 is 1.76 bits per heavy atom. The Kier molecular flexibility index (Phi) is 1.31. The SMILES string of the molecule is C1=CC2=[N+]3C1=Nc1ccc4n1[N+]31n3c(ccc3=NC3=[N+]1C(=N4)C=C3)=N2. The van der Waals surface area contributed by atoms with Gasteiger partial charge in [0.25, 0.3) is 22.6 Å². The smallest absolute Gasteiger partial charge is 0.0736 e. The van der Waals surface area contributed by atoms with Gasteiger partial charge in [0.2, 0.25) is 0 Å². The Morgan fingerprint density at radius 1 is 0.640 bits per heavy atom. The quantitative estimate of drug-likeness (QED) is 0.456. The highest BCUT2D eigenvalue weighted by Crippen LogP contribution is 2.38. The molecule has 0 unspecified atom stereocenters. The normalized spacial score (nSPS) is 23.2. The molecule has 0 radical (unpaired) electrons. The van der Waals surface area contributed by atoms with E-state index >= 15 is 0 Å². The first-order valence-corrected chi connectivity index (χ1v) is 8.02. The van der Waals surface area contributed by atoms with Gasteiger partial charge in [-0.3, -0.25) is 0 Å². The molecule has 1 spiro atoms. The Bertz CT molecular complexity index is 1330. The first-order chi connectivity index (χ1) is 12.4. The van der Waals surface area contributed by atoms with Gasteiger partial charge < -0.3 is 0 Å². The van der Waals surface area contributed by atoms with E-state index in [2.05, 4.69) is 18.7 Å². The summed E-state index contributed by atoms with van der Waals surface area (Å²) in [5, 5.41) is 0. The second-order valence-corrected chi connectivity index (χ2v) is 6.43. The third kappa shape index (κ3) is 0.870. The van der Waals surface area contributed by atoms with Crippen LogP contribution in [0.5, 0.6) is 0 Å². The predicted molar refractivity (Wildman–Crippen MR) is 87.1 cm³/mol. The van der Waals surface area contributed by atoms with Gasteiger partial charge >= 0.3 is 23.3 Å². The topological polar surface area (TPSA) is 65.3 Å². The Hall–Kier alpha value is -3.72. The van der Waals surface area contributed by atoms with E-state index in [0.29, 0.717) is 0 Å². The van der Waals surface area contributed by atoms with E-state index in [1.165, 1.54) is 0 Å². The Morgan fingerprint density at radius 2 is 1.20 bits per heavy atom. The number of amidine groups is 4. The van der Waals surface area contributed by atoms with Gasteiger partial charge in [-0.15, -0.1) is 0 Å². The molecule has 6 aliphatic rings. The number of nitrogens with zero attached hydrogens (tertiary/aromatic N) is 9. The molecule has 0 fully saturated rings. The van der Waals surface area contributed by atoms with Crippen LogP contribution in [0.25, 0.3) is 0 Å². The molecule has 6 aliphatic heterocycles. The lowest BCUT2D eigenvalue weighted by atomic mass is 10.5. The zero-order chi connectivity index (χ0) is 15.9. The van der Waals surface area contributed by atoms with Gasteiger partial charge in [-0.1, -0.05) is 20.0 Å². The highest BCUT2D eigenvalue weighted by atomic mass is 16.2. The lowest BCUT2D eigenvalue weighted by Crippen LogP contribution is -2.82. The molecule has 0 atom stereocenters. The zero-order valence-electron chi connectivity index (χ0n) is 12.6. The van der Waals surface area contributed by atoms with Crippen LogP contribution in [0.1, 0.15) is 0 Å². The highest BCUT2D eigenvalue weighted by molar-refractivity contribution is 6.08. The summed E-state index contributed by atoms with van der Waals surface area (Å²) in [6.07, 6.45) is 8.03. The van der Waals surface area contributed by atoms with E-state index in [4.69, 9.17) is 20.0 Å². The van der Waals surface area contributed by atoms with Crippen LogP contribution in [-0.4, -0.2) is 42.1 Å². The van der Waals surface area contributed by atoms with Crippen molar-refractivity contribution in [2.45, 2.75) is 0 Å². The van der Waals surface area contributed by atoms with E-state index in [-0.39, 0.29) is 4.92 Å². The summed E-state index contributed by atoms with van der Waals surface area (Å²) in [4.78, 5) is 19.5. The summed E-state index contributed by atoms with van der Waals surface area (Å²) < 4.78 is 8.46. The highest BCUT2D eigenvalue weighted by Gasteiger charge is 2.67. The molecule has 0 amide bonds. The van der Waals surface area contributed by atoms with Crippen LogP contribution in [0.15, 0.2) is 68.5 Å². The van der Waals surface area contributed by atoms with Crippen LogP contribution >= 0.6 is 0 Å². The number of rotatable bonds is 0. The fourth-order valence-corrected chi connectivity index (χ4v) is 4.41. The molecule has 9 nitrogen and oxygen atoms in total. The van der Waals surface area contributed by atoms with Crippen LogP contribution in [0, 0.1) is 0 Å². The van der Waals surface area contributed by atoms with Gasteiger partial charge in [-0.05, 0) is 9.35 Å². The number of aromatic nitrogens is 2. The summed E-state index contributed by atoms with van der Waals surface area (Å²) in [5.74, 6) is 5.14. The molecule has 0 bridgehead atoms. The monoisotopic (exact) mass is 326 g/mol. The molecule has 114 valence electrons. The molecule has 0 saturated carbocycles. The van der Waals surface area contributed by atoms with Gasteiger partial charge in [0.05, 0.1) is 0 Å². The van der Waals surface area contributed by atoms with Gasteiger partial charge in [0.15, 0.2) is 4.92 Å². The second kappa shape index (κ2) is 2.98. The van der Waals surface area contributed by atoms with E-state index in [1.54, 1.807) is 0 Å². The van der Waals surface area contributed by atoms with Crippen molar-refractivity contribution in [3.05, 3.63) is 59.5 Å². The van der Waals surface area contributed by atoms with Crippen molar-refractivity contribution in [1.29, 1.82) is 0 Å². The van der Waals surface area contributed by atoms with Gasteiger partial charge in [-0.2, -0.15) is 0 Å². The molecule has 8 rings (SSSR count). The van der Waals surface area contributed by atoms with Crippen molar-refractivity contribution >= 4 is 35.0 Å². The minimum atomic E-state index is 0.227. The van der Waals surface area contributed by atoms with E-state index in [1.807, 2.05) is 48.6 Å². The van der Waals surface area contributed by atoms with Gasteiger partial charge in [-0.25, -0.2) is 0 Å². The number of hydrogen-bond donors (Lipinski definition) is 0. The van der Waals surface area contributed by atoms with Crippen molar-refractivity contribution in [3.8, 4) is 0 Å². The molecular weight excluding hydrogens is 318 g/mol. The van der Waals surface area contributed by atoms with E-state index in [9.17, 15) is 0 Å². The first kappa shape index (κ1) is 10.9. The number of aliphatic imine (C=N–C) groups is 2. The number of quaternary nitrogens is 1. The average Bonchev–Trinajstić information content (AvgIpc) is 3.38. The van der Waals surface area contributed by atoms with Crippen LogP contribution < -0.4 is 15.9 Å². The van der Waals surface area contributed by atoms with Crippen molar-refractivity contribution in [2.75, 3.05) is 0 Å². The van der Waals surface area contributed by atoms with Crippen molar-refractivity contribution in [3.63, 3.8) is 0 Å². The molecule has 0 aliphatic carbocycles. The molecule has 2 aromatic heterocycles. The van der Waals surface area contributed by atoms with Crippen LogP contribution in [-0.2, 0) is 0 Å². The van der Waals surface area contributed by atoms with Crippen LogP contribution in [0.2, 0.25) is 0 Å². The largest absolute Gasteiger partial charge is 0.326 e. The Balaban J connectivity index is 1.77. The Labute approximate surface area is 138 Å². The van der Waals surface area contributed by atoms with Gasteiger partial charge in [0, 0.05) is 57.9 Å². The maximum absolute atomic E-state index is 4.81. The summed E-state index contributed by atoms with van der Waals surface area (Å²) in [6, 6.07) is 8.03. The third-order valence-electron chi connectivity index (χ3n) is 5.25. The molecule has 0 saturated heterocycles. The number of hydrogen-bond acceptors (Lipinski definition) is 4. The fourth-order valence-electron chi connectivity index (χ4n) is 4.41. The van der Waals surface area contributed by atoms with Crippen molar-refractivity contribution < 1.29 is 9.37 Å². The lowest BCUT2D eigenvalue weighted by molar-refractivity contribution is -0.889. The molecule has 2 aromatic rings. The summed E-state index contributed by atoms with van der Waals surface area (Å²) in [6.45, 7) is 0. The fraction of sp³-hybridized carbons (Fsp3) is 0. The van der Waals surface area contributed by atoms with Gasteiger partial charge in [0.1, 0.15) is 0 Å². The zero-order valence-corrected chi connectivity index (χ0v) is 12.6. The van der Waals surface area contributed by atoms with Crippen molar-refractivity contribution in [1.82, 2.24) is 14.3 Å². The van der Waals surface area contributed by atoms with Crippen LogP contribution in [0.4, 0.5) is 11.6 Å². The second-order valence-electron chi connectivity index (χ2n) is 6.43. The maximum Gasteiger partial charge on any atom is 0.326 e. The predicted octanol–water partition coefficient (Wildman–Crippen LogP) is -0.663. The molecule has 0 aromatic carbocycles. The molecule has 0 N–H and O–H groups in total. The summed E-state index contributed by atoms with van der Waals surface area (Å²) in [7, 11) is 0. The first-order valence-electron chi connectivity index (χ1n) is 8.02. The lowest BCUT2D eigenvalue weighted by Gasteiger charge is -2.36. The standard InChI is InChI=1S/C16H8N9/c1-2-10-18-12-5-6-14-20-16-8-7-15-19-13-4-3-11-17-9(1)21(10)25(22(11)13,23(12)14)24(15)16/h1-8H/q+3. The van der Waals surface area contributed by atoms with Crippen LogP contribution in [0.3, 0.4) is 0 Å². The minimum Gasteiger partial charge on any atom is -0.0736 e. The average molecular weight is 326 g/mol. The summed E-state index contributed by atoms with van der Waals surface area (Å²) in [5.41, 5.74) is 1.71. The van der Waals surface area contributed by atoms with Crippen molar-refractivity contribution in [2.24, 2.45) is 20.0 Å². The molecule has 9 heteroatoms. The molecule has 8 heterocycles. The molecule has 25 heavy (non-hydrogen) atoms. The van der Waals surface area contributed by atoms with E-state index < -0.39 is 0 Å². The third-order valence-corrected chi connectivity index (χ3v) is 5.25. The minimum absolute atomic E-state index is 0.227.